The van der Waals surface area contributed by atoms with Crippen LogP contribution < -0.4 is 5.32 Å². The van der Waals surface area contributed by atoms with Gasteiger partial charge >= 0.3 is 11.9 Å². The van der Waals surface area contributed by atoms with Crippen molar-refractivity contribution in [1.82, 2.24) is 14.5 Å². The van der Waals surface area contributed by atoms with Crippen LogP contribution in [0.4, 0.5) is 10.1 Å². The molecular weight excluding hydrogens is 507 g/mol. The molecule has 12 heteroatoms. The Bertz CT molecular complexity index is 1380. The maximum Gasteiger partial charge on any atom is 0.414 e. The molecule has 2 aromatic carbocycles. The molecule has 2 heterocycles. The van der Waals surface area contributed by atoms with Crippen molar-refractivity contribution in [2.75, 3.05) is 11.6 Å². The Morgan fingerprint density at radius 3 is 2.47 bits per heavy atom. The van der Waals surface area contributed by atoms with Crippen LogP contribution in [0.3, 0.4) is 0 Å². The Morgan fingerprint density at radius 1 is 1.03 bits per heavy atom. The van der Waals surface area contributed by atoms with Crippen LogP contribution in [0.1, 0.15) is 5.56 Å². The monoisotopic (exact) mass is 528 g/mol. The third kappa shape index (κ3) is 7.55. The summed E-state index contributed by atoms with van der Waals surface area (Å²) < 4.78 is 15.3. The van der Waals surface area contributed by atoms with Gasteiger partial charge in [0.2, 0.25) is 5.91 Å². The highest BCUT2D eigenvalue weighted by molar-refractivity contribution is 7.98. The first-order chi connectivity index (χ1) is 17.3. The molecule has 0 fully saturated rings. The summed E-state index contributed by atoms with van der Waals surface area (Å²) in [5, 5.41) is 18.4. The Morgan fingerprint density at radius 2 is 1.78 bits per heavy atom. The number of nitrogens with zero attached hydrogens (tertiary/aromatic N) is 3. The number of hydrogen-bond donors (Lipinski definition) is 3. The summed E-state index contributed by atoms with van der Waals surface area (Å²) in [6.07, 6.45) is 3.67. The van der Waals surface area contributed by atoms with Gasteiger partial charge in [0, 0.05) is 22.5 Å². The molecule has 0 saturated heterocycles. The average Bonchev–Trinajstić information content (AvgIpc) is 3.20. The zero-order valence-corrected chi connectivity index (χ0v) is 20.6. The first-order valence-electron chi connectivity index (χ1n) is 10.4. The van der Waals surface area contributed by atoms with E-state index in [0.717, 1.165) is 21.7 Å². The topological polar surface area (TPSA) is 134 Å². The Kier molecular flexibility index (Phi) is 9.42. The second-order valence-corrected chi connectivity index (χ2v) is 8.96. The number of aromatic nitrogens is 3. The number of imidazole rings is 1. The zero-order chi connectivity index (χ0) is 26.1. The molecule has 0 bridgehead atoms. The van der Waals surface area contributed by atoms with Gasteiger partial charge in [0.25, 0.3) is 0 Å². The summed E-state index contributed by atoms with van der Waals surface area (Å²) in [4.78, 5) is 41.0. The predicted octanol–water partition coefficient (Wildman–Crippen LogP) is 4.38. The van der Waals surface area contributed by atoms with Gasteiger partial charge in [0.15, 0.2) is 10.8 Å². The van der Waals surface area contributed by atoms with E-state index in [1.165, 1.54) is 23.9 Å². The van der Waals surface area contributed by atoms with Gasteiger partial charge in [-0.2, -0.15) is 0 Å². The number of amides is 1. The summed E-state index contributed by atoms with van der Waals surface area (Å²) in [5.74, 6) is -3.54. The van der Waals surface area contributed by atoms with E-state index in [-0.39, 0.29) is 18.3 Å². The van der Waals surface area contributed by atoms with Gasteiger partial charge in [0.1, 0.15) is 17.9 Å². The second-order valence-electron chi connectivity index (χ2n) is 7.14. The molecule has 36 heavy (non-hydrogen) atoms. The number of fused-ring (bicyclic) bond motifs is 1. The van der Waals surface area contributed by atoms with Gasteiger partial charge in [0.05, 0.1) is 0 Å². The highest BCUT2D eigenvalue weighted by atomic mass is 32.2. The van der Waals surface area contributed by atoms with Crippen molar-refractivity contribution in [3.05, 3.63) is 78.2 Å². The number of benzene rings is 2. The van der Waals surface area contributed by atoms with Crippen molar-refractivity contribution in [2.24, 2.45) is 0 Å². The maximum atomic E-state index is 13.5. The highest BCUT2D eigenvalue weighted by Gasteiger charge is 2.16. The second kappa shape index (κ2) is 12.7. The van der Waals surface area contributed by atoms with E-state index in [2.05, 4.69) is 15.3 Å². The predicted molar refractivity (Wildman–Crippen MR) is 136 cm³/mol. The molecule has 4 aromatic rings. The summed E-state index contributed by atoms with van der Waals surface area (Å²) in [6, 6.07) is 17.9. The first kappa shape index (κ1) is 26.7. The Hall–Kier alpha value is -3.90. The van der Waals surface area contributed by atoms with E-state index in [1.54, 1.807) is 28.6 Å². The number of nitrogens with one attached hydrogen (secondary N) is 1. The van der Waals surface area contributed by atoms with Gasteiger partial charge in [-0.25, -0.2) is 23.9 Å². The first-order valence-corrected chi connectivity index (χ1v) is 12.6. The summed E-state index contributed by atoms with van der Waals surface area (Å²) in [6.45, 7) is 0.0858. The number of carbonyl (C=O) groups excluding carboxylic acids is 1. The van der Waals surface area contributed by atoms with Gasteiger partial charge in [-0.05, 0) is 54.3 Å². The molecule has 0 saturated carbocycles. The van der Waals surface area contributed by atoms with E-state index in [0.29, 0.717) is 16.6 Å². The lowest BCUT2D eigenvalue weighted by Crippen LogP contribution is -2.19. The molecule has 9 nitrogen and oxygen atoms in total. The number of aliphatic carboxylic acids is 2. The van der Waals surface area contributed by atoms with Gasteiger partial charge in [-0.3, -0.25) is 9.36 Å². The van der Waals surface area contributed by atoms with Crippen LogP contribution in [0, 0.1) is 5.82 Å². The van der Waals surface area contributed by atoms with E-state index >= 15 is 0 Å². The molecule has 2 aromatic heterocycles. The fraction of sp³-hybridized carbons (Fsp3) is 0.125. The number of pyridine rings is 1. The van der Waals surface area contributed by atoms with E-state index in [4.69, 9.17) is 19.8 Å². The average molecular weight is 529 g/mol. The minimum Gasteiger partial charge on any atom is -0.473 e. The third-order valence-corrected chi connectivity index (χ3v) is 6.34. The normalized spacial score (nSPS) is 10.4. The Balaban J connectivity index is 0.000000538. The minimum absolute atomic E-state index is 0.0858. The number of thioether (sulfide) groups is 2. The van der Waals surface area contributed by atoms with Crippen LogP contribution in [0.2, 0.25) is 0 Å². The number of carboxylic acids is 2. The van der Waals surface area contributed by atoms with Crippen LogP contribution in [0.5, 0.6) is 0 Å². The lowest BCUT2D eigenvalue weighted by Gasteiger charge is -2.10. The molecule has 1 amide bonds. The van der Waals surface area contributed by atoms with Crippen molar-refractivity contribution < 1.29 is 29.0 Å². The number of carboxylic acid groups (broad SMARTS) is 2. The molecule has 0 aliphatic heterocycles. The lowest BCUT2D eigenvalue weighted by atomic mass is 10.2. The molecular formula is C24H21FN4O5S2. The Labute approximate surface area is 213 Å². The number of halogens is 1. The molecule has 0 atom stereocenters. The van der Waals surface area contributed by atoms with Crippen LogP contribution in [0.15, 0.2) is 76.9 Å². The van der Waals surface area contributed by atoms with E-state index in [1.807, 2.05) is 48.7 Å². The summed E-state index contributed by atoms with van der Waals surface area (Å²) >= 11 is 3.07. The van der Waals surface area contributed by atoms with Crippen molar-refractivity contribution >= 4 is 58.2 Å². The number of hydrogen-bond acceptors (Lipinski definition) is 7. The van der Waals surface area contributed by atoms with E-state index in [9.17, 15) is 9.18 Å². The zero-order valence-electron chi connectivity index (χ0n) is 18.9. The molecule has 0 aliphatic rings. The molecule has 0 unspecified atom stereocenters. The standard InChI is InChI=1S/C22H19FN4OS2.C2H2O4/c1-29-18-8-3-7-17(12-18)25-20(28)13-27-21-19(9-4-10-24-21)26-22(27)30-14-15-5-2-6-16(23)11-15;3-1(4)2(5)6/h2-12H,13-14H2,1H3,(H,25,28);(H,3,4)(H,5,6). The van der Waals surface area contributed by atoms with Crippen molar-refractivity contribution in [3.63, 3.8) is 0 Å². The van der Waals surface area contributed by atoms with Crippen molar-refractivity contribution in [2.45, 2.75) is 22.3 Å². The number of anilines is 1. The van der Waals surface area contributed by atoms with Crippen LogP contribution in [-0.2, 0) is 26.7 Å². The fourth-order valence-corrected chi connectivity index (χ4v) is 4.41. The van der Waals surface area contributed by atoms with Gasteiger partial charge in [-0.15, -0.1) is 11.8 Å². The quantitative estimate of drug-likeness (QED) is 0.236. The smallest absolute Gasteiger partial charge is 0.414 e. The molecule has 0 spiro atoms. The molecule has 0 radical (unpaired) electrons. The third-order valence-electron chi connectivity index (χ3n) is 4.56. The molecule has 3 N–H and O–H groups in total. The molecule has 0 aliphatic carbocycles. The summed E-state index contributed by atoms with van der Waals surface area (Å²) in [7, 11) is 0. The van der Waals surface area contributed by atoms with Crippen LogP contribution in [0.25, 0.3) is 11.2 Å². The van der Waals surface area contributed by atoms with Crippen molar-refractivity contribution in [1.29, 1.82) is 0 Å². The van der Waals surface area contributed by atoms with Crippen LogP contribution >= 0.6 is 23.5 Å². The highest BCUT2D eigenvalue weighted by Crippen LogP contribution is 2.26. The van der Waals surface area contributed by atoms with Gasteiger partial charge in [-0.1, -0.05) is 30.0 Å². The maximum absolute atomic E-state index is 13.5. The molecule has 4 rings (SSSR count). The number of carbonyl (C=O) groups is 3. The molecule has 186 valence electrons. The van der Waals surface area contributed by atoms with Crippen molar-refractivity contribution in [3.8, 4) is 0 Å². The largest absolute Gasteiger partial charge is 0.473 e. The summed E-state index contributed by atoms with van der Waals surface area (Å²) in [5.41, 5.74) is 2.96. The minimum atomic E-state index is -1.82. The number of rotatable bonds is 7. The van der Waals surface area contributed by atoms with Gasteiger partial charge < -0.3 is 15.5 Å². The fourth-order valence-electron chi connectivity index (χ4n) is 3.01. The SMILES string of the molecule is CSc1cccc(NC(=O)Cn2c(SCc3cccc(F)c3)nc3cccnc32)c1.O=C(O)C(=O)O. The lowest BCUT2D eigenvalue weighted by molar-refractivity contribution is -0.159. The van der Waals surface area contributed by atoms with E-state index < -0.39 is 11.9 Å². The van der Waals surface area contributed by atoms with Crippen LogP contribution in [-0.4, -0.2) is 48.8 Å².